The number of hydrogen-bond acceptors (Lipinski definition) is 5. The monoisotopic (exact) mass is 335 g/mol. The molecule has 0 amide bonds. The second-order valence-electron chi connectivity index (χ2n) is 4.40. The van der Waals surface area contributed by atoms with Gasteiger partial charge < -0.3 is 9.47 Å². The molecular formula is C15H11Cl2N3O2. The SMILES string of the molecule is COc1nc2cc(Cl)c(Cl)c(-c3cccnc3)c2nc1OC. The van der Waals surface area contributed by atoms with E-state index in [4.69, 9.17) is 32.7 Å². The third kappa shape index (κ3) is 2.42. The van der Waals surface area contributed by atoms with Crippen LogP contribution in [0.25, 0.3) is 22.2 Å². The molecule has 0 radical (unpaired) electrons. The van der Waals surface area contributed by atoms with Gasteiger partial charge in [-0.3, -0.25) is 4.98 Å². The summed E-state index contributed by atoms with van der Waals surface area (Å²) < 4.78 is 10.4. The van der Waals surface area contributed by atoms with Crippen LogP contribution in [0.2, 0.25) is 10.0 Å². The first-order valence-electron chi connectivity index (χ1n) is 6.33. The van der Waals surface area contributed by atoms with Crippen LogP contribution >= 0.6 is 23.2 Å². The van der Waals surface area contributed by atoms with Gasteiger partial charge >= 0.3 is 0 Å². The molecule has 0 spiro atoms. The van der Waals surface area contributed by atoms with E-state index in [1.165, 1.54) is 14.2 Å². The van der Waals surface area contributed by atoms with Gasteiger partial charge in [0.2, 0.25) is 0 Å². The highest BCUT2D eigenvalue weighted by Gasteiger charge is 2.18. The average molecular weight is 336 g/mol. The van der Waals surface area contributed by atoms with Crippen LogP contribution in [-0.2, 0) is 0 Å². The first-order chi connectivity index (χ1) is 10.7. The summed E-state index contributed by atoms with van der Waals surface area (Å²) in [6.07, 6.45) is 3.37. The molecule has 0 atom stereocenters. The Labute approximate surface area is 136 Å². The molecule has 0 N–H and O–H groups in total. The van der Waals surface area contributed by atoms with Crippen LogP contribution in [0.3, 0.4) is 0 Å². The van der Waals surface area contributed by atoms with E-state index in [0.29, 0.717) is 26.6 Å². The molecule has 0 fully saturated rings. The first-order valence-corrected chi connectivity index (χ1v) is 7.09. The van der Waals surface area contributed by atoms with Crippen molar-refractivity contribution in [1.29, 1.82) is 0 Å². The van der Waals surface area contributed by atoms with Crippen molar-refractivity contribution in [2.75, 3.05) is 14.2 Å². The van der Waals surface area contributed by atoms with Crippen LogP contribution in [0.15, 0.2) is 30.6 Å². The minimum Gasteiger partial charge on any atom is -0.477 e. The van der Waals surface area contributed by atoms with Crippen molar-refractivity contribution in [3.05, 3.63) is 40.6 Å². The third-order valence-electron chi connectivity index (χ3n) is 3.13. The van der Waals surface area contributed by atoms with Gasteiger partial charge in [-0.1, -0.05) is 29.3 Å². The topological polar surface area (TPSA) is 57.1 Å². The largest absolute Gasteiger partial charge is 0.477 e. The molecule has 0 bridgehead atoms. The van der Waals surface area contributed by atoms with Crippen LogP contribution < -0.4 is 9.47 Å². The zero-order valence-corrected chi connectivity index (χ0v) is 13.3. The molecule has 112 valence electrons. The van der Waals surface area contributed by atoms with Gasteiger partial charge in [0.05, 0.1) is 29.8 Å². The normalized spacial score (nSPS) is 10.7. The Morgan fingerprint density at radius 2 is 1.77 bits per heavy atom. The number of ether oxygens (including phenoxy) is 2. The predicted octanol–water partition coefficient (Wildman–Crippen LogP) is 4.02. The van der Waals surface area contributed by atoms with E-state index in [2.05, 4.69) is 15.0 Å². The number of benzene rings is 1. The third-order valence-corrected chi connectivity index (χ3v) is 3.91. The van der Waals surface area contributed by atoms with Crippen molar-refractivity contribution in [3.8, 4) is 22.9 Å². The van der Waals surface area contributed by atoms with Crippen LogP contribution in [0.1, 0.15) is 0 Å². The second kappa shape index (κ2) is 5.94. The fourth-order valence-electron chi connectivity index (χ4n) is 2.15. The molecule has 5 nitrogen and oxygen atoms in total. The summed E-state index contributed by atoms with van der Waals surface area (Å²) in [5, 5.41) is 0.776. The summed E-state index contributed by atoms with van der Waals surface area (Å²) in [5.41, 5.74) is 2.58. The van der Waals surface area contributed by atoms with Crippen molar-refractivity contribution < 1.29 is 9.47 Å². The van der Waals surface area contributed by atoms with Gasteiger partial charge in [-0.05, 0) is 12.1 Å². The van der Waals surface area contributed by atoms with E-state index < -0.39 is 0 Å². The van der Waals surface area contributed by atoms with Crippen LogP contribution in [0, 0.1) is 0 Å². The van der Waals surface area contributed by atoms with Gasteiger partial charge in [0.15, 0.2) is 0 Å². The Kier molecular flexibility index (Phi) is 4.00. The Balaban J connectivity index is 2.41. The Morgan fingerprint density at radius 3 is 2.41 bits per heavy atom. The van der Waals surface area contributed by atoms with Crippen molar-refractivity contribution in [2.45, 2.75) is 0 Å². The summed E-state index contributed by atoms with van der Waals surface area (Å²) in [5.74, 6) is 0.559. The van der Waals surface area contributed by atoms with E-state index in [1.807, 2.05) is 12.1 Å². The molecule has 0 aliphatic heterocycles. The molecule has 1 aromatic carbocycles. The standard InChI is InChI=1S/C15H11Cl2N3O2/c1-21-14-15(22-2)20-13-10(19-14)6-9(16)12(17)11(13)8-4-3-5-18-7-8/h3-7H,1-2H3. The molecule has 3 aromatic rings. The van der Waals surface area contributed by atoms with Crippen LogP contribution in [-0.4, -0.2) is 29.2 Å². The minimum absolute atomic E-state index is 0.276. The zero-order valence-electron chi connectivity index (χ0n) is 11.8. The van der Waals surface area contributed by atoms with Gasteiger partial charge in [-0.2, -0.15) is 0 Å². The molecule has 0 aliphatic rings. The lowest BCUT2D eigenvalue weighted by atomic mass is 10.1. The molecule has 3 rings (SSSR count). The Morgan fingerprint density at radius 1 is 1.05 bits per heavy atom. The van der Waals surface area contributed by atoms with Gasteiger partial charge in [-0.15, -0.1) is 0 Å². The summed E-state index contributed by atoms with van der Waals surface area (Å²) in [6, 6.07) is 5.34. The Bertz CT molecular complexity index is 841. The Hall–Kier alpha value is -2.11. The van der Waals surface area contributed by atoms with E-state index in [9.17, 15) is 0 Å². The highest BCUT2D eigenvalue weighted by molar-refractivity contribution is 6.45. The molecule has 22 heavy (non-hydrogen) atoms. The van der Waals surface area contributed by atoms with E-state index in [0.717, 1.165) is 5.56 Å². The number of nitrogens with zero attached hydrogens (tertiary/aromatic N) is 3. The summed E-state index contributed by atoms with van der Waals surface area (Å²) in [6.45, 7) is 0. The van der Waals surface area contributed by atoms with Crippen molar-refractivity contribution in [3.63, 3.8) is 0 Å². The molecule has 0 saturated heterocycles. The quantitative estimate of drug-likeness (QED) is 0.723. The van der Waals surface area contributed by atoms with Crippen molar-refractivity contribution >= 4 is 34.2 Å². The lowest BCUT2D eigenvalue weighted by molar-refractivity contribution is 0.334. The van der Waals surface area contributed by atoms with E-state index >= 15 is 0 Å². The molecular weight excluding hydrogens is 325 g/mol. The molecule has 2 heterocycles. The molecule has 2 aromatic heterocycles. The summed E-state index contributed by atoms with van der Waals surface area (Å²) in [4.78, 5) is 13.0. The molecule has 0 unspecified atom stereocenters. The van der Waals surface area contributed by atoms with Crippen molar-refractivity contribution in [2.24, 2.45) is 0 Å². The fourth-order valence-corrected chi connectivity index (χ4v) is 2.60. The summed E-state index contributed by atoms with van der Waals surface area (Å²) >= 11 is 12.6. The lowest BCUT2D eigenvalue weighted by Gasteiger charge is -2.12. The van der Waals surface area contributed by atoms with E-state index in [1.54, 1.807) is 18.5 Å². The fraction of sp³-hybridized carbons (Fsp3) is 0.133. The predicted molar refractivity (Wildman–Crippen MR) is 85.9 cm³/mol. The smallest absolute Gasteiger partial charge is 0.278 e. The number of aromatic nitrogens is 3. The minimum atomic E-state index is 0.276. The summed E-state index contributed by atoms with van der Waals surface area (Å²) in [7, 11) is 3.00. The molecule has 7 heteroatoms. The second-order valence-corrected chi connectivity index (χ2v) is 5.18. The maximum absolute atomic E-state index is 6.38. The highest BCUT2D eigenvalue weighted by Crippen LogP contribution is 2.40. The van der Waals surface area contributed by atoms with Gasteiger partial charge in [0.1, 0.15) is 5.52 Å². The lowest BCUT2D eigenvalue weighted by Crippen LogP contribution is -1.99. The number of pyridine rings is 1. The molecule has 0 aliphatic carbocycles. The van der Waals surface area contributed by atoms with Gasteiger partial charge in [-0.25, -0.2) is 9.97 Å². The van der Waals surface area contributed by atoms with Gasteiger partial charge in [0.25, 0.3) is 11.8 Å². The average Bonchev–Trinajstić information content (AvgIpc) is 2.55. The van der Waals surface area contributed by atoms with Gasteiger partial charge in [0, 0.05) is 23.5 Å². The van der Waals surface area contributed by atoms with Crippen LogP contribution in [0.4, 0.5) is 0 Å². The number of rotatable bonds is 3. The zero-order chi connectivity index (χ0) is 15.7. The number of halogens is 2. The highest BCUT2D eigenvalue weighted by atomic mass is 35.5. The van der Waals surface area contributed by atoms with Crippen LogP contribution in [0.5, 0.6) is 11.8 Å². The maximum Gasteiger partial charge on any atom is 0.278 e. The first kappa shape index (κ1) is 14.8. The van der Waals surface area contributed by atoms with Crippen molar-refractivity contribution in [1.82, 2.24) is 15.0 Å². The number of fused-ring (bicyclic) bond motifs is 1. The van der Waals surface area contributed by atoms with E-state index in [-0.39, 0.29) is 11.8 Å². The number of methoxy groups -OCH3 is 2. The maximum atomic E-state index is 6.38. The molecule has 0 saturated carbocycles. The number of hydrogen-bond donors (Lipinski definition) is 0.